The lowest BCUT2D eigenvalue weighted by atomic mass is 10.2. The van der Waals surface area contributed by atoms with Gasteiger partial charge in [-0.25, -0.2) is 9.97 Å². The monoisotopic (exact) mass is 480 g/mol. The Bertz CT molecular complexity index is 1500. The number of ether oxygens (including phenoxy) is 1. The van der Waals surface area contributed by atoms with Crippen molar-refractivity contribution in [2.24, 2.45) is 0 Å². The number of nitrogens with zero attached hydrogens (tertiary/aromatic N) is 4. The zero-order valence-corrected chi connectivity index (χ0v) is 19.8. The van der Waals surface area contributed by atoms with Crippen LogP contribution in [-0.4, -0.2) is 24.9 Å². The number of hydrogen-bond donors (Lipinski definition) is 0. The second-order valence-corrected chi connectivity index (χ2v) is 8.82. The first-order chi connectivity index (χ1) is 16.0. The Morgan fingerprint density at radius 2 is 1.76 bits per heavy atom. The van der Waals surface area contributed by atoms with Gasteiger partial charge in [-0.1, -0.05) is 49.2 Å². The van der Waals surface area contributed by atoms with Crippen molar-refractivity contribution in [3.8, 4) is 11.4 Å². The van der Waals surface area contributed by atoms with Gasteiger partial charge in [0.05, 0.1) is 22.9 Å². The van der Waals surface area contributed by atoms with E-state index in [1.54, 1.807) is 24.4 Å². The highest BCUT2D eigenvalue weighted by Gasteiger charge is 2.23. The number of rotatable bonds is 6. The van der Waals surface area contributed by atoms with Gasteiger partial charge in [0.2, 0.25) is 0 Å². The predicted molar refractivity (Wildman–Crippen MR) is 132 cm³/mol. The van der Waals surface area contributed by atoms with Gasteiger partial charge in [0.1, 0.15) is 11.2 Å². The van der Waals surface area contributed by atoms with E-state index in [-0.39, 0.29) is 5.97 Å². The van der Waals surface area contributed by atoms with Crippen LogP contribution in [0.5, 0.6) is 5.75 Å². The minimum atomic E-state index is -0.299. The normalized spacial score (nSPS) is 11.6. The summed E-state index contributed by atoms with van der Waals surface area (Å²) in [7, 11) is 0. The lowest BCUT2D eigenvalue weighted by molar-refractivity contribution is -0.134. The van der Waals surface area contributed by atoms with Crippen molar-refractivity contribution in [1.29, 1.82) is 0 Å². The molecule has 0 fully saturated rings. The molecule has 0 aliphatic carbocycles. The number of fused-ring (bicyclic) bond motifs is 5. The van der Waals surface area contributed by atoms with Crippen molar-refractivity contribution in [1.82, 2.24) is 18.9 Å². The van der Waals surface area contributed by atoms with E-state index in [0.717, 1.165) is 35.4 Å². The Kier molecular flexibility index (Phi) is 5.72. The summed E-state index contributed by atoms with van der Waals surface area (Å²) in [6.45, 7) is 4.06. The number of aryl methyl sites for hydroxylation is 1. The number of hydrogen-bond acceptors (Lipinski definition) is 4. The van der Waals surface area contributed by atoms with Gasteiger partial charge in [0.15, 0.2) is 17.0 Å². The third-order valence-corrected chi connectivity index (χ3v) is 5.94. The van der Waals surface area contributed by atoms with Crippen LogP contribution in [-0.2, 0) is 11.2 Å². The number of benzene rings is 2. The summed E-state index contributed by atoms with van der Waals surface area (Å²) in [4.78, 5) is 22.4. The Balaban J connectivity index is 1.89. The average molecular weight is 481 g/mol. The first-order valence-corrected chi connectivity index (χ1v) is 11.7. The molecule has 8 heteroatoms. The van der Waals surface area contributed by atoms with Crippen LogP contribution in [0.4, 0.5) is 0 Å². The summed E-state index contributed by atoms with van der Waals surface area (Å²) >= 11 is 12.6. The van der Waals surface area contributed by atoms with Crippen LogP contribution < -0.4 is 4.74 Å². The van der Waals surface area contributed by atoms with Crippen molar-refractivity contribution in [3.63, 3.8) is 0 Å². The van der Waals surface area contributed by atoms with Gasteiger partial charge in [-0.3, -0.25) is 13.8 Å². The molecule has 0 radical (unpaired) electrons. The second kappa shape index (κ2) is 8.69. The molecule has 0 saturated carbocycles. The number of halogens is 2. The van der Waals surface area contributed by atoms with E-state index in [1.165, 1.54) is 0 Å². The maximum atomic E-state index is 12.5. The molecule has 0 N–H and O–H groups in total. The highest BCUT2D eigenvalue weighted by molar-refractivity contribution is 6.34. The molecule has 2 aromatic carbocycles. The minimum absolute atomic E-state index is 0.299. The lowest BCUT2D eigenvalue weighted by Gasteiger charge is -2.09. The van der Waals surface area contributed by atoms with Crippen molar-refractivity contribution < 1.29 is 9.53 Å². The quantitative estimate of drug-likeness (QED) is 0.251. The maximum absolute atomic E-state index is 12.5. The molecule has 0 bridgehead atoms. The summed E-state index contributed by atoms with van der Waals surface area (Å²) in [6, 6.07) is 13.2. The Labute approximate surface area is 200 Å². The van der Waals surface area contributed by atoms with Gasteiger partial charge in [0, 0.05) is 22.9 Å². The van der Waals surface area contributed by atoms with E-state index in [1.807, 2.05) is 35.8 Å². The molecule has 0 unspecified atom stereocenters. The number of imidazole rings is 1. The summed E-state index contributed by atoms with van der Waals surface area (Å²) in [6.07, 6.45) is 4.47. The molecule has 0 aliphatic heterocycles. The molecule has 0 saturated heterocycles. The molecule has 0 amide bonds. The number of carbonyl (C=O) groups is 1. The molecule has 33 heavy (non-hydrogen) atoms. The maximum Gasteiger partial charge on any atom is 0.311 e. The second-order valence-electron chi connectivity index (χ2n) is 7.95. The minimum Gasteiger partial charge on any atom is -0.424 e. The Hall–Kier alpha value is -3.09. The molecule has 0 aliphatic rings. The number of esters is 1. The van der Waals surface area contributed by atoms with Gasteiger partial charge in [-0.15, -0.1) is 0 Å². The molecule has 5 aromatic rings. The first kappa shape index (κ1) is 21.7. The van der Waals surface area contributed by atoms with Gasteiger partial charge in [0.25, 0.3) is 0 Å². The van der Waals surface area contributed by atoms with E-state index in [0.29, 0.717) is 45.3 Å². The van der Waals surface area contributed by atoms with Crippen LogP contribution in [0.1, 0.15) is 38.9 Å². The fourth-order valence-electron chi connectivity index (χ4n) is 4.14. The van der Waals surface area contributed by atoms with E-state index in [4.69, 9.17) is 37.9 Å². The fourth-order valence-corrected chi connectivity index (χ4v) is 4.66. The van der Waals surface area contributed by atoms with Crippen molar-refractivity contribution in [3.05, 3.63) is 64.5 Å². The topological polar surface area (TPSA) is 61.4 Å². The zero-order chi connectivity index (χ0) is 23.1. The van der Waals surface area contributed by atoms with E-state index < -0.39 is 0 Å². The molecule has 3 aromatic heterocycles. The van der Waals surface area contributed by atoms with Crippen LogP contribution >= 0.6 is 23.2 Å². The average Bonchev–Trinajstić information content (AvgIpc) is 3.32. The van der Waals surface area contributed by atoms with Crippen molar-refractivity contribution >= 4 is 56.9 Å². The van der Waals surface area contributed by atoms with Crippen molar-refractivity contribution in [2.75, 3.05) is 0 Å². The third kappa shape index (κ3) is 3.83. The highest BCUT2D eigenvalue weighted by atomic mass is 35.5. The molecule has 168 valence electrons. The molecule has 6 nitrogen and oxygen atoms in total. The van der Waals surface area contributed by atoms with E-state index in [9.17, 15) is 4.79 Å². The van der Waals surface area contributed by atoms with Gasteiger partial charge < -0.3 is 4.74 Å². The largest absolute Gasteiger partial charge is 0.424 e. The standard InChI is InChI=1S/C25H22Cl2N4O2/c1-3-7-21-29-24-23(25-28-18-9-5-6-10-19(18)31(21)25)20(33-22(32)8-4-2)14-30(24)17-12-15(26)11-16(27)13-17/h5-6,9-14H,3-4,7-8H2,1-2H3. The Morgan fingerprint density at radius 1 is 1.00 bits per heavy atom. The zero-order valence-electron chi connectivity index (χ0n) is 18.3. The van der Waals surface area contributed by atoms with Crippen LogP contribution in [0.2, 0.25) is 10.0 Å². The van der Waals surface area contributed by atoms with Crippen molar-refractivity contribution in [2.45, 2.75) is 39.5 Å². The van der Waals surface area contributed by atoms with E-state index in [2.05, 4.69) is 11.3 Å². The number of para-hydroxylation sites is 2. The molecule has 0 atom stereocenters. The third-order valence-electron chi connectivity index (χ3n) is 5.50. The number of carbonyl (C=O) groups excluding carboxylic acids is 1. The molecule has 0 spiro atoms. The SMILES string of the molecule is CCCC(=O)Oc1cn(-c2cc(Cl)cc(Cl)c2)c2nc(CCC)n3c4ccccc4nc3c12. The summed E-state index contributed by atoms with van der Waals surface area (Å²) < 4.78 is 9.74. The predicted octanol–water partition coefficient (Wildman–Crippen LogP) is 6.79. The molecule has 5 rings (SSSR count). The highest BCUT2D eigenvalue weighted by Crippen LogP contribution is 2.36. The van der Waals surface area contributed by atoms with Crippen LogP contribution in [0, 0.1) is 0 Å². The van der Waals surface area contributed by atoms with Crippen LogP contribution in [0.3, 0.4) is 0 Å². The molecular formula is C25H22Cl2N4O2. The van der Waals surface area contributed by atoms with Gasteiger partial charge >= 0.3 is 5.97 Å². The van der Waals surface area contributed by atoms with E-state index >= 15 is 0 Å². The lowest BCUT2D eigenvalue weighted by Crippen LogP contribution is -2.07. The molecular weight excluding hydrogens is 459 g/mol. The van der Waals surface area contributed by atoms with Gasteiger partial charge in [-0.05, 0) is 43.2 Å². The van der Waals surface area contributed by atoms with Gasteiger partial charge in [-0.2, -0.15) is 0 Å². The molecule has 3 heterocycles. The van der Waals surface area contributed by atoms with Crippen LogP contribution in [0.15, 0.2) is 48.7 Å². The number of aromatic nitrogens is 4. The summed E-state index contributed by atoms with van der Waals surface area (Å²) in [5.74, 6) is 0.996. The van der Waals surface area contributed by atoms with Crippen LogP contribution in [0.25, 0.3) is 33.4 Å². The first-order valence-electron chi connectivity index (χ1n) is 11.0. The summed E-state index contributed by atoms with van der Waals surface area (Å²) in [5.41, 5.74) is 3.89. The summed E-state index contributed by atoms with van der Waals surface area (Å²) in [5, 5.41) is 1.68. The fraction of sp³-hybridized carbons (Fsp3) is 0.240. The smallest absolute Gasteiger partial charge is 0.311 e. The Morgan fingerprint density at radius 3 is 2.48 bits per heavy atom.